The highest BCUT2D eigenvalue weighted by Crippen LogP contribution is 2.44. The van der Waals surface area contributed by atoms with Crippen LogP contribution < -0.4 is 5.32 Å². The van der Waals surface area contributed by atoms with Gasteiger partial charge in [0.2, 0.25) is 0 Å². The number of hydrogen-bond acceptors (Lipinski definition) is 4. The SMILES string of the molecule is O=C(Nc1c(C(=O)O)cnn1-c1ccc(Cl)cc1)OCC1c2ccccc2-c2ccccc21. The number of carboxylic acid groups (broad SMARTS) is 1. The molecule has 0 bridgehead atoms. The van der Waals surface area contributed by atoms with Crippen molar-refractivity contribution in [2.75, 3.05) is 11.9 Å². The van der Waals surface area contributed by atoms with Gasteiger partial charge in [0.15, 0.2) is 5.82 Å². The molecule has 0 saturated heterocycles. The molecule has 5 rings (SSSR count). The number of rotatable bonds is 5. The van der Waals surface area contributed by atoms with Crippen molar-refractivity contribution >= 4 is 29.5 Å². The number of anilines is 1. The highest BCUT2D eigenvalue weighted by atomic mass is 35.5. The summed E-state index contributed by atoms with van der Waals surface area (Å²) < 4.78 is 6.87. The average Bonchev–Trinajstić information content (AvgIpc) is 3.38. The monoisotopic (exact) mass is 459 g/mol. The van der Waals surface area contributed by atoms with Crippen LogP contribution in [0, 0.1) is 0 Å². The van der Waals surface area contributed by atoms with E-state index in [2.05, 4.69) is 22.5 Å². The Kier molecular flexibility index (Phi) is 5.32. The third-order valence-corrected chi connectivity index (χ3v) is 5.89. The van der Waals surface area contributed by atoms with Crippen molar-refractivity contribution in [3.05, 3.63) is 101 Å². The number of carbonyl (C=O) groups excluding carboxylic acids is 1. The predicted molar refractivity (Wildman–Crippen MR) is 124 cm³/mol. The molecule has 0 saturated carbocycles. The van der Waals surface area contributed by atoms with Gasteiger partial charge in [-0.1, -0.05) is 60.1 Å². The number of ether oxygens (including phenoxy) is 1. The Bertz CT molecular complexity index is 1320. The number of fused-ring (bicyclic) bond motifs is 3. The zero-order valence-corrected chi connectivity index (χ0v) is 18.0. The highest BCUT2D eigenvalue weighted by Gasteiger charge is 2.29. The van der Waals surface area contributed by atoms with Crippen LogP contribution >= 0.6 is 11.6 Å². The molecule has 1 aliphatic rings. The fraction of sp³-hybridized carbons (Fsp3) is 0.0800. The Morgan fingerprint density at radius 1 is 0.970 bits per heavy atom. The lowest BCUT2D eigenvalue weighted by Crippen LogP contribution is -2.21. The van der Waals surface area contributed by atoms with E-state index >= 15 is 0 Å². The number of hydrogen-bond donors (Lipinski definition) is 2. The molecule has 2 N–H and O–H groups in total. The van der Waals surface area contributed by atoms with Crippen LogP contribution in [0.3, 0.4) is 0 Å². The van der Waals surface area contributed by atoms with E-state index in [1.807, 2.05) is 36.4 Å². The standard InChI is InChI=1S/C25H18ClN3O4/c26-15-9-11-16(12-10-15)29-23(21(13-27-29)24(30)31)28-25(32)33-14-22-19-7-3-1-5-17(19)18-6-2-4-8-20(18)22/h1-13,22H,14H2,(H,28,32)(H,30,31). The van der Waals surface area contributed by atoms with Crippen LogP contribution in [0.25, 0.3) is 16.8 Å². The lowest BCUT2D eigenvalue weighted by atomic mass is 9.98. The Morgan fingerprint density at radius 2 is 1.58 bits per heavy atom. The number of aromatic nitrogens is 2. The Morgan fingerprint density at radius 3 is 2.18 bits per heavy atom. The van der Waals surface area contributed by atoms with Gasteiger partial charge in [0.1, 0.15) is 12.2 Å². The molecule has 4 aromatic rings. The molecule has 8 heteroatoms. The van der Waals surface area contributed by atoms with Gasteiger partial charge in [0, 0.05) is 10.9 Å². The van der Waals surface area contributed by atoms with E-state index in [4.69, 9.17) is 16.3 Å². The van der Waals surface area contributed by atoms with E-state index < -0.39 is 12.1 Å². The number of carboxylic acids is 1. The molecule has 1 amide bonds. The lowest BCUT2D eigenvalue weighted by molar-refractivity contribution is 0.0698. The normalized spacial score (nSPS) is 12.2. The molecule has 1 heterocycles. The Labute approximate surface area is 194 Å². The number of nitrogens with zero attached hydrogens (tertiary/aromatic N) is 2. The van der Waals surface area contributed by atoms with E-state index in [0.717, 1.165) is 22.3 Å². The first-order valence-electron chi connectivity index (χ1n) is 10.2. The zero-order chi connectivity index (χ0) is 22.9. The van der Waals surface area contributed by atoms with Crippen LogP contribution in [0.5, 0.6) is 0 Å². The molecule has 0 atom stereocenters. The van der Waals surface area contributed by atoms with Crippen molar-refractivity contribution in [2.24, 2.45) is 0 Å². The summed E-state index contributed by atoms with van der Waals surface area (Å²) in [5, 5.41) is 16.7. The molecule has 3 aromatic carbocycles. The molecule has 0 spiro atoms. The van der Waals surface area contributed by atoms with Crippen molar-refractivity contribution < 1.29 is 19.4 Å². The van der Waals surface area contributed by atoms with Crippen LogP contribution in [-0.2, 0) is 4.74 Å². The maximum atomic E-state index is 12.7. The Balaban J connectivity index is 1.38. The molecule has 0 aliphatic heterocycles. The fourth-order valence-electron chi connectivity index (χ4n) is 4.13. The average molecular weight is 460 g/mol. The van der Waals surface area contributed by atoms with Crippen LogP contribution in [-0.4, -0.2) is 33.6 Å². The third-order valence-electron chi connectivity index (χ3n) is 5.63. The largest absolute Gasteiger partial charge is 0.477 e. The number of aromatic carboxylic acids is 1. The summed E-state index contributed by atoms with van der Waals surface area (Å²) >= 11 is 5.94. The number of halogens is 1. The summed E-state index contributed by atoms with van der Waals surface area (Å²) in [5.74, 6) is -1.32. The molecule has 1 aromatic heterocycles. The van der Waals surface area contributed by atoms with Crippen LogP contribution in [0.2, 0.25) is 5.02 Å². The van der Waals surface area contributed by atoms with E-state index in [1.54, 1.807) is 24.3 Å². The van der Waals surface area contributed by atoms with E-state index in [9.17, 15) is 14.7 Å². The van der Waals surface area contributed by atoms with Crippen LogP contribution in [0.15, 0.2) is 79.0 Å². The van der Waals surface area contributed by atoms with E-state index in [0.29, 0.717) is 10.7 Å². The van der Waals surface area contributed by atoms with Gasteiger partial charge in [0.25, 0.3) is 0 Å². The topological polar surface area (TPSA) is 93.5 Å². The molecule has 164 valence electrons. The zero-order valence-electron chi connectivity index (χ0n) is 17.2. The van der Waals surface area contributed by atoms with Gasteiger partial charge < -0.3 is 9.84 Å². The summed E-state index contributed by atoms with van der Waals surface area (Å²) in [5.41, 5.74) is 4.80. The van der Waals surface area contributed by atoms with Gasteiger partial charge in [-0.2, -0.15) is 5.10 Å². The number of nitrogens with one attached hydrogen (secondary N) is 1. The van der Waals surface area contributed by atoms with Crippen molar-refractivity contribution in [1.82, 2.24) is 9.78 Å². The summed E-state index contributed by atoms with van der Waals surface area (Å²) in [6.07, 6.45) is 0.408. The predicted octanol–water partition coefficient (Wildman–Crippen LogP) is 5.58. The van der Waals surface area contributed by atoms with Crippen molar-refractivity contribution in [1.29, 1.82) is 0 Å². The molecule has 7 nitrogen and oxygen atoms in total. The van der Waals surface area contributed by atoms with Crippen LogP contribution in [0.4, 0.5) is 10.6 Å². The van der Waals surface area contributed by atoms with E-state index in [1.165, 1.54) is 10.9 Å². The van der Waals surface area contributed by atoms with Gasteiger partial charge in [-0.25, -0.2) is 14.3 Å². The van der Waals surface area contributed by atoms with E-state index in [-0.39, 0.29) is 23.9 Å². The molecule has 0 radical (unpaired) electrons. The summed E-state index contributed by atoms with van der Waals surface area (Å²) in [6, 6.07) is 22.7. The number of benzene rings is 3. The van der Waals surface area contributed by atoms with Gasteiger partial charge in [-0.3, -0.25) is 5.32 Å². The molecular formula is C25H18ClN3O4. The van der Waals surface area contributed by atoms with Gasteiger partial charge >= 0.3 is 12.1 Å². The lowest BCUT2D eigenvalue weighted by Gasteiger charge is -2.15. The number of amides is 1. The first-order valence-corrected chi connectivity index (χ1v) is 10.6. The van der Waals surface area contributed by atoms with Crippen LogP contribution in [0.1, 0.15) is 27.4 Å². The minimum atomic E-state index is -1.22. The van der Waals surface area contributed by atoms with Crippen molar-refractivity contribution in [3.8, 4) is 16.8 Å². The second-order valence-corrected chi connectivity index (χ2v) is 7.99. The minimum Gasteiger partial charge on any atom is -0.477 e. The smallest absolute Gasteiger partial charge is 0.412 e. The van der Waals surface area contributed by atoms with Crippen molar-refractivity contribution in [2.45, 2.75) is 5.92 Å². The third kappa shape index (κ3) is 3.83. The maximum Gasteiger partial charge on any atom is 0.412 e. The summed E-state index contributed by atoms with van der Waals surface area (Å²) in [7, 11) is 0. The number of carbonyl (C=O) groups is 2. The second-order valence-electron chi connectivity index (χ2n) is 7.55. The minimum absolute atomic E-state index is 0.00189. The van der Waals surface area contributed by atoms with Crippen molar-refractivity contribution in [3.63, 3.8) is 0 Å². The summed E-state index contributed by atoms with van der Waals surface area (Å²) in [6.45, 7) is 0.108. The second kappa shape index (κ2) is 8.44. The molecule has 0 fully saturated rings. The summed E-state index contributed by atoms with van der Waals surface area (Å²) in [4.78, 5) is 24.4. The van der Waals surface area contributed by atoms with Gasteiger partial charge in [0.05, 0.1) is 11.9 Å². The molecule has 1 aliphatic carbocycles. The highest BCUT2D eigenvalue weighted by molar-refractivity contribution is 6.30. The van der Waals surface area contributed by atoms with Gasteiger partial charge in [-0.15, -0.1) is 0 Å². The Hall–Kier alpha value is -4.10. The fourth-order valence-corrected chi connectivity index (χ4v) is 4.26. The first kappa shape index (κ1) is 20.8. The maximum absolute atomic E-state index is 12.7. The quantitative estimate of drug-likeness (QED) is 0.406. The molecule has 0 unspecified atom stereocenters. The first-order chi connectivity index (χ1) is 16.0. The molecule has 33 heavy (non-hydrogen) atoms. The van der Waals surface area contributed by atoms with Gasteiger partial charge in [-0.05, 0) is 46.5 Å². The molecular weight excluding hydrogens is 442 g/mol.